The molecule has 0 unspecified atom stereocenters. The Labute approximate surface area is 155 Å². The molecule has 0 saturated heterocycles. The van der Waals surface area contributed by atoms with Gasteiger partial charge in [-0.3, -0.25) is 14.9 Å². The summed E-state index contributed by atoms with van der Waals surface area (Å²) in [6.45, 7) is 2.18. The van der Waals surface area contributed by atoms with Gasteiger partial charge in [-0.25, -0.2) is 0 Å². The van der Waals surface area contributed by atoms with Crippen molar-refractivity contribution < 1.29 is 19.4 Å². The molecule has 138 valence electrons. The molecule has 0 saturated carbocycles. The minimum Gasteiger partial charge on any atom is -0.494 e. The molecule has 0 bridgehead atoms. The number of carbonyl (C=O) groups is 1. The summed E-state index contributed by atoms with van der Waals surface area (Å²) in [6, 6.07) is 4.13. The molecule has 1 aromatic carbocycles. The third-order valence-electron chi connectivity index (χ3n) is 3.19. The Hall–Kier alpha value is -3.02. The third kappa shape index (κ3) is 4.75. The molecule has 0 radical (unpaired) electrons. The van der Waals surface area contributed by atoms with E-state index in [2.05, 4.69) is 26.3 Å². The zero-order chi connectivity index (χ0) is 19.3. The summed E-state index contributed by atoms with van der Waals surface area (Å²) >= 11 is 3.01. The van der Waals surface area contributed by atoms with E-state index < -0.39 is 15.8 Å². The van der Waals surface area contributed by atoms with Crippen LogP contribution in [0.5, 0.6) is 5.75 Å². The molecule has 2 aromatic rings. The van der Waals surface area contributed by atoms with Crippen LogP contribution >= 0.6 is 15.9 Å². The van der Waals surface area contributed by atoms with Gasteiger partial charge in [-0.05, 0) is 39.9 Å². The summed E-state index contributed by atoms with van der Waals surface area (Å²) in [6.07, 6.45) is 1.31. The Morgan fingerprint density at radius 2 is 2.08 bits per heavy atom. The summed E-state index contributed by atoms with van der Waals surface area (Å²) in [4.78, 5) is 32.7. The number of benzene rings is 1. The highest BCUT2D eigenvalue weighted by atomic mass is 79.9. The minimum absolute atomic E-state index is 0.0380. The maximum atomic E-state index is 12.0. The zero-order valence-electron chi connectivity index (χ0n) is 13.5. The van der Waals surface area contributed by atoms with Crippen LogP contribution in [-0.2, 0) is 11.3 Å². The quantitative estimate of drug-likeness (QED) is 0.503. The van der Waals surface area contributed by atoms with Crippen LogP contribution in [-0.4, -0.2) is 32.1 Å². The van der Waals surface area contributed by atoms with Crippen LogP contribution in [0.15, 0.2) is 28.9 Å². The van der Waals surface area contributed by atoms with Gasteiger partial charge in [0.2, 0.25) is 5.91 Å². The van der Waals surface area contributed by atoms with Crippen molar-refractivity contribution in [3.05, 3.63) is 49.1 Å². The molecular weight excluding hydrogens is 414 g/mol. The highest BCUT2D eigenvalue weighted by Gasteiger charge is 2.20. The maximum absolute atomic E-state index is 12.0. The number of hydrogen-bond donors (Lipinski definition) is 1. The molecule has 2 rings (SSSR count). The standard InChI is InChI=1S/C14H14BrN5O6/c1-2-26-9-3-4-11(12(7-9)19(22)23)16-13(21)5-6-18-8-10(15)14(17-18)20(24)25/h3-4,7-8H,2,5-6H2,1H3,(H,16,21). The van der Waals surface area contributed by atoms with Crippen LogP contribution < -0.4 is 10.1 Å². The Morgan fingerprint density at radius 3 is 2.65 bits per heavy atom. The van der Waals surface area contributed by atoms with E-state index in [-0.39, 0.29) is 34.6 Å². The van der Waals surface area contributed by atoms with Crippen LogP contribution in [0.2, 0.25) is 0 Å². The number of nitrogens with one attached hydrogen (secondary N) is 1. The van der Waals surface area contributed by atoms with Gasteiger partial charge in [-0.15, -0.1) is 0 Å². The number of carbonyl (C=O) groups excluding carboxylic acids is 1. The first-order chi connectivity index (χ1) is 12.3. The van der Waals surface area contributed by atoms with Gasteiger partial charge in [0.25, 0.3) is 5.69 Å². The fourth-order valence-corrected chi connectivity index (χ4v) is 2.54. The summed E-state index contributed by atoms with van der Waals surface area (Å²) in [5.74, 6) is -0.523. The fraction of sp³-hybridized carbons (Fsp3) is 0.286. The van der Waals surface area contributed by atoms with Crippen molar-refractivity contribution in [2.24, 2.45) is 0 Å². The normalized spacial score (nSPS) is 10.4. The van der Waals surface area contributed by atoms with E-state index in [9.17, 15) is 25.0 Å². The first kappa shape index (κ1) is 19.3. The van der Waals surface area contributed by atoms with Gasteiger partial charge in [0.1, 0.15) is 15.9 Å². The van der Waals surface area contributed by atoms with Crippen LogP contribution in [0.25, 0.3) is 0 Å². The molecule has 0 fully saturated rings. The topological polar surface area (TPSA) is 142 Å². The molecule has 12 heteroatoms. The second kappa shape index (κ2) is 8.38. The Kier molecular flexibility index (Phi) is 6.22. The Morgan fingerprint density at radius 1 is 1.35 bits per heavy atom. The summed E-state index contributed by atoms with van der Waals surface area (Å²) in [5, 5.41) is 28.1. The third-order valence-corrected chi connectivity index (χ3v) is 3.75. The van der Waals surface area contributed by atoms with E-state index in [1.165, 1.54) is 29.1 Å². The van der Waals surface area contributed by atoms with Gasteiger partial charge in [0, 0.05) is 6.42 Å². The molecule has 0 aliphatic carbocycles. The summed E-state index contributed by atoms with van der Waals surface area (Å²) in [5.41, 5.74) is -0.252. The predicted octanol–water partition coefficient (Wildman–Crippen LogP) is 2.89. The molecule has 0 spiro atoms. The van der Waals surface area contributed by atoms with Crippen LogP contribution in [0, 0.1) is 20.2 Å². The molecule has 0 atom stereocenters. The predicted molar refractivity (Wildman–Crippen MR) is 94.1 cm³/mol. The molecule has 0 aliphatic heterocycles. The second-order valence-corrected chi connectivity index (χ2v) is 5.84. The van der Waals surface area contributed by atoms with Crippen molar-refractivity contribution in [3.63, 3.8) is 0 Å². The smallest absolute Gasteiger partial charge is 0.404 e. The number of nitro benzene ring substituents is 1. The molecule has 1 heterocycles. The highest BCUT2D eigenvalue weighted by Crippen LogP contribution is 2.29. The van der Waals surface area contributed by atoms with E-state index in [0.29, 0.717) is 12.4 Å². The zero-order valence-corrected chi connectivity index (χ0v) is 15.1. The average molecular weight is 428 g/mol. The van der Waals surface area contributed by atoms with Gasteiger partial charge < -0.3 is 20.2 Å². The Balaban J connectivity index is 2.04. The van der Waals surface area contributed by atoms with E-state index in [4.69, 9.17) is 4.74 Å². The number of nitro groups is 2. The largest absolute Gasteiger partial charge is 0.494 e. The number of nitrogens with zero attached hydrogens (tertiary/aromatic N) is 4. The number of rotatable bonds is 8. The lowest BCUT2D eigenvalue weighted by atomic mass is 10.2. The molecule has 1 amide bonds. The van der Waals surface area contributed by atoms with Crippen LogP contribution in [0.1, 0.15) is 13.3 Å². The van der Waals surface area contributed by atoms with E-state index >= 15 is 0 Å². The van der Waals surface area contributed by atoms with Crippen molar-refractivity contribution >= 4 is 39.0 Å². The average Bonchev–Trinajstić information content (AvgIpc) is 2.95. The van der Waals surface area contributed by atoms with Gasteiger partial charge in [-0.2, -0.15) is 4.68 Å². The van der Waals surface area contributed by atoms with Crippen molar-refractivity contribution in [2.45, 2.75) is 19.9 Å². The first-order valence-corrected chi connectivity index (χ1v) is 8.19. The number of aryl methyl sites for hydroxylation is 1. The lowest BCUT2D eigenvalue weighted by Gasteiger charge is -2.08. The molecule has 1 N–H and O–H groups in total. The number of anilines is 1. The fourth-order valence-electron chi connectivity index (χ4n) is 2.08. The van der Waals surface area contributed by atoms with E-state index in [1.807, 2.05) is 0 Å². The Bertz CT molecular complexity index is 852. The molecular formula is C14H14BrN5O6. The van der Waals surface area contributed by atoms with Crippen molar-refractivity contribution in [1.29, 1.82) is 0 Å². The minimum atomic E-state index is -0.649. The number of amides is 1. The molecule has 26 heavy (non-hydrogen) atoms. The van der Waals surface area contributed by atoms with Crippen LogP contribution in [0.3, 0.4) is 0 Å². The first-order valence-electron chi connectivity index (χ1n) is 7.40. The SMILES string of the molecule is CCOc1ccc(NC(=O)CCn2cc(Br)c([N+](=O)[O-])n2)c([N+](=O)[O-])c1. The monoisotopic (exact) mass is 427 g/mol. The van der Waals surface area contributed by atoms with Gasteiger partial charge in [0.15, 0.2) is 0 Å². The van der Waals surface area contributed by atoms with Gasteiger partial charge >= 0.3 is 5.82 Å². The molecule has 1 aromatic heterocycles. The number of aromatic nitrogens is 2. The van der Waals surface area contributed by atoms with Gasteiger partial charge in [0.05, 0.1) is 35.4 Å². The van der Waals surface area contributed by atoms with Crippen molar-refractivity contribution in [1.82, 2.24) is 9.78 Å². The van der Waals surface area contributed by atoms with Crippen molar-refractivity contribution in [3.8, 4) is 5.75 Å². The number of hydrogen-bond acceptors (Lipinski definition) is 7. The lowest BCUT2D eigenvalue weighted by Crippen LogP contribution is -2.15. The second-order valence-electron chi connectivity index (χ2n) is 4.99. The van der Waals surface area contributed by atoms with Gasteiger partial charge in [-0.1, -0.05) is 0 Å². The summed E-state index contributed by atoms with van der Waals surface area (Å²) in [7, 11) is 0. The van der Waals surface area contributed by atoms with E-state index in [1.54, 1.807) is 6.92 Å². The molecule has 0 aliphatic rings. The number of ether oxygens (including phenoxy) is 1. The maximum Gasteiger partial charge on any atom is 0.404 e. The summed E-state index contributed by atoms with van der Waals surface area (Å²) < 4.78 is 6.65. The lowest BCUT2D eigenvalue weighted by molar-refractivity contribution is -0.390. The number of halogens is 1. The van der Waals surface area contributed by atoms with Crippen molar-refractivity contribution in [2.75, 3.05) is 11.9 Å². The molecule has 11 nitrogen and oxygen atoms in total. The van der Waals surface area contributed by atoms with Crippen LogP contribution in [0.4, 0.5) is 17.2 Å². The highest BCUT2D eigenvalue weighted by molar-refractivity contribution is 9.10. The van der Waals surface area contributed by atoms with E-state index in [0.717, 1.165) is 0 Å².